The molecule has 1 aromatic carbocycles. The number of rotatable bonds is 3. The highest BCUT2D eigenvalue weighted by Gasteiger charge is 2.30. The highest BCUT2D eigenvalue weighted by Crippen LogP contribution is 2.34. The summed E-state index contributed by atoms with van der Waals surface area (Å²) < 4.78 is 1.05. The third kappa shape index (κ3) is 2.86. The molecule has 3 N–H and O–H groups in total. The Morgan fingerprint density at radius 2 is 2.11 bits per heavy atom. The molecule has 0 radical (unpaired) electrons. The Morgan fingerprint density at radius 3 is 2.67 bits per heavy atom. The molecule has 3 unspecified atom stereocenters. The standard InChI is InChI=1S/C14H19BrN2S/c1-8-3-6-12(9(8)2)17-13-7-10(15)4-5-11(13)14(16)18/h4-5,7-9,12,17H,3,6H2,1-2H3,(H2,16,18). The molecule has 0 spiro atoms. The van der Waals surface area contributed by atoms with E-state index in [0.717, 1.165) is 21.6 Å². The molecular formula is C14H19BrN2S. The lowest BCUT2D eigenvalue weighted by atomic mass is 9.97. The SMILES string of the molecule is CC1CCC(Nc2cc(Br)ccc2C(N)=S)C1C. The van der Waals surface area contributed by atoms with E-state index in [0.29, 0.717) is 16.9 Å². The van der Waals surface area contributed by atoms with Crippen LogP contribution in [0.4, 0.5) is 5.69 Å². The van der Waals surface area contributed by atoms with Gasteiger partial charge < -0.3 is 11.1 Å². The summed E-state index contributed by atoms with van der Waals surface area (Å²) in [5.74, 6) is 1.46. The van der Waals surface area contributed by atoms with Crippen molar-refractivity contribution in [1.82, 2.24) is 0 Å². The first-order valence-electron chi connectivity index (χ1n) is 6.35. The van der Waals surface area contributed by atoms with E-state index in [2.05, 4.69) is 41.2 Å². The lowest BCUT2D eigenvalue weighted by Crippen LogP contribution is -2.25. The number of nitrogens with one attached hydrogen (secondary N) is 1. The van der Waals surface area contributed by atoms with Gasteiger partial charge in [-0.25, -0.2) is 0 Å². The maximum absolute atomic E-state index is 5.78. The molecule has 3 atom stereocenters. The quantitative estimate of drug-likeness (QED) is 0.826. The topological polar surface area (TPSA) is 38.0 Å². The van der Waals surface area contributed by atoms with Gasteiger partial charge >= 0.3 is 0 Å². The van der Waals surface area contributed by atoms with Crippen LogP contribution in [0.3, 0.4) is 0 Å². The van der Waals surface area contributed by atoms with Gasteiger partial charge in [0, 0.05) is 21.8 Å². The Hall–Kier alpha value is -0.610. The third-order valence-corrected chi connectivity index (χ3v) is 4.77. The Morgan fingerprint density at radius 1 is 1.39 bits per heavy atom. The Kier molecular flexibility index (Phi) is 4.28. The van der Waals surface area contributed by atoms with Gasteiger partial charge in [0.25, 0.3) is 0 Å². The highest BCUT2D eigenvalue weighted by atomic mass is 79.9. The van der Waals surface area contributed by atoms with Crippen LogP contribution in [0.15, 0.2) is 22.7 Å². The lowest BCUT2D eigenvalue weighted by molar-refractivity contribution is 0.435. The van der Waals surface area contributed by atoms with E-state index in [1.807, 2.05) is 12.1 Å². The normalized spacial score (nSPS) is 27.2. The van der Waals surface area contributed by atoms with Crippen LogP contribution in [0.25, 0.3) is 0 Å². The molecule has 18 heavy (non-hydrogen) atoms. The molecule has 1 saturated carbocycles. The minimum Gasteiger partial charge on any atom is -0.389 e. The maximum atomic E-state index is 5.78. The van der Waals surface area contributed by atoms with Crippen molar-refractivity contribution in [1.29, 1.82) is 0 Å². The van der Waals surface area contributed by atoms with Crippen molar-refractivity contribution in [3.63, 3.8) is 0 Å². The van der Waals surface area contributed by atoms with E-state index in [4.69, 9.17) is 18.0 Å². The fourth-order valence-corrected chi connectivity index (χ4v) is 3.16. The molecule has 2 nitrogen and oxygen atoms in total. The second-order valence-electron chi connectivity index (χ2n) is 5.22. The Bertz CT molecular complexity index is 461. The molecule has 2 rings (SSSR count). The third-order valence-electron chi connectivity index (χ3n) is 4.05. The number of hydrogen-bond donors (Lipinski definition) is 2. The van der Waals surface area contributed by atoms with Gasteiger partial charge in [0.15, 0.2) is 0 Å². The van der Waals surface area contributed by atoms with E-state index >= 15 is 0 Å². The summed E-state index contributed by atoms with van der Waals surface area (Å²) >= 11 is 8.61. The fourth-order valence-electron chi connectivity index (χ4n) is 2.62. The zero-order valence-electron chi connectivity index (χ0n) is 10.7. The molecule has 0 amide bonds. The predicted molar refractivity (Wildman–Crippen MR) is 85.0 cm³/mol. The summed E-state index contributed by atoms with van der Waals surface area (Å²) in [6.45, 7) is 4.63. The molecule has 1 aliphatic carbocycles. The molecule has 0 heterocycles. The second-order valence-corrected chi connectivity index (χ2v) is 6.57. The monoisotopic (exact) mass is 326 g/mol. The highest BCUT2D eigenvalue weighted by molar-refractivity contribution is 9.10. The van der Waals surface area contributed by atoms with Gasteiger partial charge in [-0.05, 0) is 42.9 Å². The van der Waals surface area contributed by atoms with Crippen LogP contribution in [-0.4, -0.2) is 11.0 Å². The van der Waals surface area contributed by atoms with E-state index in [1.54, 1.807) is 0 Å². The smallest absolute Gasteiger partial charge is 0.106 e. The zero-order valence-corrected chi connectivity index (χ0v) is 13.1. The van der Waals surface area contributed by atoms with Crippen LogP contribution in [0.5, 0.6) is 0 Å². The van der Waals surface area contributed by atoms with Crippen LogP contribution in [-0.2, 0) is 0 Å². The summed E-state index contributed by atoms with van der Waals surface area (Å²) in [6.07, 6.45) is 2.50. The van der Waals surface area contributed by atoms with Gasteiger partial charge in [-0.2, -0.15) is 0 Å². The first-order chi connectivity index (χ1) is 8.49. The summed E-state index contributed by atoms with van der Waals surface area (Å²) in [6, 6.07) is 6.52. The van der Waals surface area contributed by atoms with E-state index < -0.39 is 0 Å². The van der Waals surface area contributed by atoms with Crippen LogP contribution in [0.2, 0.25) is 0 Å². The van der Waals surface area contributed by atoms with Crippen LogP contribution in [0, 0.1) is 11.8 Å². The first-order valence-corrected chi connectivity index (χ1v) is 7.55. The minimum atomic E-state index is 0.448. The van der Waals surface area contributed by atoms with Gasteiger partial charge in [-0.1, -0.05) is 42.0 Å². The summed E-state index contributed by atoms with van der Waals surface area (Å²) in [7, 11) is 0. The van der Waals surface area contributed by atoms with Crippen molar-refractivity contribution in [3.8, 4) is 0 Å². The molecule has 4 heteroatoms. The van der Waals surface area contributed by atoms with E-state index in [-0.39, 0.29) is 0 Å². The van der Waals surface area contributed by atoms with Crippen LogP contribution < -0.4 is 11.1 Å². The molecule has 1 aliphatic rings. The largest absolute Gasteiger partial charge is 0.389 e. The van der Waals surface area contributed by atoms with Crippen LogP contribution >= 0.6 is 28.1 Å². The minimum absolute atomic E-state index is 0.448. The molecule has 0 aromatic heterocycles. The van der Waals surface area contributed by atoms with Crippen molar-refractivity contribution < 1.29 is 0 Å². The average Bonchev–Trinajstić information content (AvgIpc) is 2.61. The van der Waals surface area contributed by atoms with Gasteiger partial charge in [0.1, 0.15) is 4.99 Å². The number of nitrogens with two attached hydrogens (primary N) is 1. The van der Waals surface area contributed by atoms with Gasteiger partial charge in [0.2, 0.25) is 0 Å². The summed E-state index contributed by atoms with van der Waals surface area (Å²) in [5, 5.41) is 3.61. The fraction of sp³-hybridized carbons (Fsp3) is 0.500. The molecule has 0 aliphatic heterocycles. The van der Waals surface area contributed by atoms with Crippen molar-refractivity contribution >= 4 is 38.8 Å². The Labute approximate surface area is 122 Å². The number of thiocarbonyl (C=S) groups is 1. The number of halogens is 1. The second kappa shape index (κ2) is 5.57. The zero-order chi connectivity index (χ0) is 13.3. The number of anilines is 1. The lowest BCUT2D eigenvalue weighted by Gasteiger charge is -2.22. The summed E-state index contributed by atoms with van der Waals surface area (Å²) in [4.78, 5) is 0.448. The number of hydrogen-bond acceptors (Lipinski definition) is 2. The van der Waals surface area contributed by atoms with E-state index in [1.165, 1.54) is 12.8 Å². The molecule has 1 aromatic rings. The average molecular weight is 327 g/mol. The molecular weight excluding hydrogens is 308 g/mol. The molecule has 0 saturated heterocycles. The Balaban J connectivity index is 2.23. The van der Waals surface area contributed by atoms with Crippen molar-refractivity contribution in [2.24, 2.45) is 17.6 Å². The molecule has 98 valence electrons. The van der Waals surface area contributed by atoms with Crippen molar-refractivity contribution in [3.05, 3.63) is 28.2 Å². The maximum Gasteiger partial charge on any atom is 0.106 e. The van der Waals surface area contributed by atoms with Crippen molar-refractivity contribution in [2.45, 2.75) is 32.7 Å². The summed E-state index contributed by atoms with van der Waals surface area (Å²) in [5.41, 5.74) is 7.75. The van der Waals surface area contributed by atoms with Gasteiger partial charge in [-0.3, -0.25) is 0 Å². The molecule has 0 bridgehead atoms. The van der Waals surface area contributed by atoms with Crippen molar-refractivity contribution in [2.75, 3.05) is 5.32 Å². The number of benzene rings is 1. The first kappa shape index (κ1) is 13.8. The van der Waals surface area contributed by atoms with E-state index in [9.17, 15) is 0 Å². The van der Waals surface area contributed by atoms with Gasteiger partial charge in [-0.15, -0.1) is 0 Å². The van der Waals surface area contributed by atoms with Gasteiger partial charge in [0.05, 0.1) is 0 Å². The van der Waals surface area contributed by atoms with Crippen LogP contribution in [0.1, 0.15) is 32.3 Å². The molecule has 1 fully saturated rings. The predicted octanol–water partition coefficient (Wildman–Crippen LogP) is 3.93.